The first-order chi connectivity index (χ1) is 17.8. The van der Waals surface area contributed by atoms with Crippen LogP contribution in [0.5, 0.6) is 0 Å². The SMILES string of the molecule is Cc1cc(C)cc(CC(=O)N(Cc2ccc(Cl)c(Cl)c2)C(Cc2ccccc2)C(=O)NC2CCCC2)c1. The number of rotatable bonds is 9. The highest BCUT2D eigenvalue weighted by atomic mass is 35.5. The molecule has 0 radical (unpaired) electrons. The lowest BCUT2D eigenvalue weighted by atomic mass is 10.00. The van der Waals surface area contributed by atoms with E-state index in [9.17, 15) is 9.59 Å². The van der Waals surface area contributed by atoms with Gasteiger partial charge in [-0.2, -0.15) is 0 Å². The molecule has 1 N–H and O–H groups in total. The van der Waals surface area contributed by atoms with Crippen LogP contribution in [0.25, 0.3) is 0 Å². The van der Waals surface area contributed by atoms with Crippen molar-refractivity contribution >= 4 is 35.0 Å². The zero-order valence-corrected chi connectivity index (χ0v) is 23.0. The molecule has 3 aromatic rings. The fraction of sp³-hybridized carbons (Fsp3) is 0.355. The number of amides is 2. The lowest BCUT2D eigenvalue weighted by Crippen LogP contribution is -2.52. The molecule has 1 fully saturated rings. The van der Waals surface area contributed by atoms with Gasteiger partial charge in [0.25, 0.3) is 0 Å². The van der Waals surface area contributed by atoms with Crippen LogP contribution in [-0.4, -0.2) is 28.8 Å². The summed E-state index contributed by atoms with van der Waals surface area (Å²) in [5.74, 6) is -0.205. The third-order valence-corrected chi connectivity index (χ3v) is 7.69. The zero-order chi connectivity index (χ0) is 26.4. The molecule has 0 aromatic heterocycles. The van der Waals surface area contributed by atoms with E-state index in [0.717, 1.165) is 53.5 Å². The first-order valence-electron chi connectivity index (χ1n) is 12.9. The summed E-state index contributed by atoms with van der Waals surface area (Å²) >= 11 is 12.5. The van der Waals surface area contributed by atoms with Gasteiger partial charge in [0.2, 0.25) is 11.8 Å². The van der Waals surface area contributed by atoms with Crippen LogP contribution in [0.3, 0.4) is 0 Å². The van der Waals surface area contributed by atoms with E-state index in [4.69, 9.17) is 23.2 Å². The van der Waals surface area contributed by atoms with Gasteiger partial charge < -0.3 is 10.2 Å². The van der Waals surface area contributed by atoms with Crippen LogP contribution in [0.2, 0.25) is 10.0 Å². The summed E-state index contributed by atoms with van der Waals surface area (Å²) in [5, 5.41) is 4.13. The van der Waals surface area contributed by atoms with E-state index in [-0.39, 0.29) is 30.8 Å². The molecule has 0 bridgehead atoms. The molecule has 0 aliphatic heterocycles. The van der Waals surface area contributed by atoms with E-state index in [1.807, 2.05) is 62.4 Å². The average Bonchev–Trinajstić information content (AvgIpc) is 3.36. The summed E-state index contributed by atoms with van der Waals surface area (Å²) in [6.45, 7) is 4.32. The molecule has 37 heavy (non-hydrogen) atoms. The fourth-order valence-electron chi connectivity index (χ4n) is 5.20. The van der Waals surface area contributed by atoms with Crippen LogP contribution >= 0.6 is 23.2 Å². The van der Waals surface area contributed by atoms with Crippen molar-refractivity contribution in [1.82, 2.24) is 10.2 Å². The topological polar surface area (TPSA) is 49.4 Å². The minimum atomic E-state index is -0.657. The maximum absolute atomic E-state index is 14.0. The van der Waals surface area contributed by atoms with E-state index in [2.05, 4.69) is 11.4 Å². The molecular weight excluding hydrogens is 503 g/mol. The molecule has 0 saturated heterocycles. The first kappa shape index (κ1) is 27.2. The molecule has 0 spiro atoms. The van der Waals surface area contributed by atoms with Gasteiger partial charge >= 0.3 is 0 Å². The number of hydrogen-bond donors (Lipinski definition) is 1. The highest BCUT2D eigenvalue weighted by molar-refractivity contribution is 6.42. The van der Waals surface area contributed by atoms with Crippen molar-refractivity contribution in [3.05, 3.63) is 105 Å². The number of nitrogens with zero attached hydrogens (tertiary/aromatic N) is 1. The van der Waals surface area contributed by atoms with Gasteiger partial charge in [0, 0.05) is 19.0 Å². The molecule has 1 aliphatic carbocycles. The number of carbonyl (C=O) groups is 2. The molecular formula is C31H34Cl2N2O2. The number of hydrogen-bond acceptors (Lipinski definition) is 2. The van der Waals surface area contributed by atoms with Gasteiger partial charge in [-0.05, 0) is 55.5 Å². The maximum atomic E-state index is 14.0. The van der Waals surface area contributed by atoms with Crippen molar-refractivity contribution in [1.29, 1.82) is 0 Å². The van der Waals surface area contributed by atoms with Gasteiger partial charge in [0.1, 0.15) is 6.04 Å². The number of benzene rings is 3. The number of carbonyl (C=O) groups excluding carboxylic acids is 2. The summed E-state index contributed by atoms with van der Waals surface area (Å²) in [6.07, 6.45) is 4.84. The second kappa shape index (κ2) is 12.6. The van der Waals surface area contributed by atoms with Crippen LogP contribution < -0.4 is 5.32 Å². The predicted octanol–water partition coefficient (Wildman–Crippen LogP) is 6.85. The lowest BCUT2D eigenvalue weighted by molar-refractivity contribution is -0.141. The van der Waals surface area contributed by atoms with Crippen molar-refractivity contribution in [2.75, 3.05) is 0 Å². The normalized spacial score (nSPS) is 14.4. The largest absolute Gasteiger partial charge is 0.352 e. The Hall–Kier alpha value is -2.82. The monoisotopic (exact) mass is 536 g/mol. The highest BCUT2D eigenvalue weighted by Gasteiger charge is 2.32. The Bertz CT molecular complexity index is 1220. The van der Waals surface area contributed by atoms with Crippen molar-refractivity contribution in [3.8, 4) is 0 Å². The van der Waals surface area contributed by atoms with Gasteiger partial charge in [-0.3, -0.25) is 9.59 Å². The summed E-state index contributed by atoms with van der Waals surface area (Å²) < 4.78 is 0. The Morgan fingerprint density at radius 2 is 1.54 bits per heavy atom. The highest BCUT2D eigenvalue weighted by Crippen LogP contribution is 2.25. The van der Waals surface area contributed by atoms with E-state index in [0.29, 0.717) is 16.5 Å². The van der Waals surface area contributed by atoms with Gasteiger partial charge in [-0.1, -0.05) is 102 Å². The minimum Gasteiger partial charge on any atom is -0.352 e. The van der Waals surface area contributed by atoms with Gasteiger partial charge in [0.15, 0.2) is 0 Å². The maximum Gasteiger partial charge on any atom is 0.243 e. The van der Waals surface area contributed by atoms with Crippen LogP contribution in [0.1, 0.15) is 53.5 Å². The van der Waals surface area contributed by atoms with Gasteiger partial charge in [-0.25, -0.2) is 0 Å². The lowest BCUT2D eigenvalue weighted by Gasteiger charge is -2.32. The Labute approximate surface area is 230 Å². The van der Waals surface area contributed by atoms with Crippen LogP contribution in [-0.2, 0) is 29.0 Å². The van der Waals surface area contributed by atoms with Gasteiger partial charge in [0.05, 0.1) is 16.5 Å². The molecule has 1 unspecified atom stereocenters. The standard InChI is InChI=1S/C31H34Cl2N2O2/c1-21-14-22(2)16-25(15-21)19-30(36)35(20-24-12-13-27(32)28(33)17-24)29(18-23-8-4-3-5-9-23)31(37)34-26-10-6-7-11-26/h3-5,8-9,12-17,26,29H,6-7,10-11,18-20H2,1-2H3,(H,34,37). The van der Waals surface area contributed by atoms with E-state index < -0.39 is 6.04 Å². The molecule has 6 heteroatoms. The minimum absolute atomic E-state index is 0.0985. The molecule has 2 amide bonds. The smallest absolute Gasteiger partial charge is 0.243 e. The van der Waals surface area contributed by atoms with E-state index in [1.165, 1.54) is 0 Å². The van der Waals surface area contributed by atoms with Crippen molar-refractivity contribution in [3.63, 3.8) is 0 Å². The number of aryl methyl sites for hydroxylation is 2. The first-order valence-corrected chi connectivity index (χ1v) is 13.7. The van der Waals surface area contributed by atoms with E-state index >= 15 is 0 Å². The Morgan fingerprint density at radius 3 is 2.19 bits per heavy atom. The third-order valence-electron chi connectivity index (χ3n) is 6.95. The average molecular weight is 538 g/mol. The summed E-state index contributed by atoms with van der Waals surface area (Å²) in [4.78, 5) is 29.4. The van der Waals surface area contributed by atoms with Crippen molar-refractivity contribution in [2.45, 2.75) is 71.0 Å². The number of nitrogens with one attached hydrogen (secondary N) is 1. The molecule has 1 saturated carbocycles. The Kier molecular flexibility index (Phi) is 9.28. The quantitative estimate of drug-likeness (QED) is 0.325. The van der Waals surface area contributed by atoms with Crippen LogP contribution in [0, 0.1) is 13.8 Å². The molecule has 3 aromatic carbocycles. The van der Waals surface area contributed by atoms with Gasteiger partial charge in [-0.15, -0.1) is 0 Å². The predicted molar refractivity (Wildman–Crippen MR) is 151 cm³/mol. The molecule has 194 valence electrons. The zero-order valence-electron chi connectivity index (χ0n) is 21.5. The van der Waals surface area contributed by atoms with E-state index in [1.54, 1.807) is 17.0 Å². The molecule has 1 atom stereocenters. The molecule has 0 heterocycles. The van der Waals surface area contributed by atoms with Crippen molar-refractivity contribution in [2.24, 2.45) is 0 Å². The summed E-state index contributed by atoms with van der Waals surface area (Å²) in [5.41, 5.74) is 5.00. The van der Waals surface area contributed by atoms with Crippen LogP contribution in [0.15, 0.2) is 66.7 Å². The molecule has 4 nitrogen and oxygen atoms in total. The second-order valence-corrected chi connectivity index (χ2v) is 11.0. The fourth-order valence-corrected chi connectivity index (χ4v) is 5.52. The van der Waals surface area contributed by atoms with Crippen LogP contribution in [0.4, 0.5) is 0 Å². The van der Waals surface area contributed by atoms with Crippen molar-refractivity contribution < 1.29 is 9.59 Å². The molecule has 4 rings (SSSR count). The third kappa shape index (κ3) is 7.59. The summed E-state index contributed by atoms with van der Waals surface area (Å²) in [6, 6.07) is 20.9. The Morgan fingerprint density at radius 1 is 0.865 bits per heavy atom. The number of halogens is 2. The molecule has 1 aliphatic rings. The summed E-state index contributed by atoms with van der Waals surface area (Å²) in [7, 11) is 0. The Balaban J connectivity index is 1.69. The second-order valence-electron chi connectivity index (χ2n) is 10.1.